The molecule has 6 nitrogen and oxygen atoms in total. The third-order valence-electron chi connectivity index (χ3n) is 3.72. The quantitative estimate of drug-likeness (QED) is 0.494. The van der Waals surface area contributed by atoms with Gasteiger partial charge in [-0.05, 0) is 31.0 Å². The fraction of sp³-hybridized carbons (Fsp3) is 0.353. The number of carbonyl (C=O) groups excluding carboxylic acids is 2. The maximum Gasteiger partial charge on any atom is 0.337 e. The van der Waals surface area contributed by atoms with Crippen LogP contribution < -0.4 is 10.6 Å². The van der Waals surface area contributed by atoms with Crippen LogP contribution in [0.25, 0.3) is 0 Å². The minimum absolute atomic E-state index is 0.000344. The molecular formula is C17H19N3O3. The topological polar surface area (TPSA) is 91.2 Å². The van der Waals surface area contributed by atoms with E-state index in [1.165, 1.54) is 13.3 Å². The molecule has 0 atom stereocenters. The molecule has 0 unspecified atom stereocenters. The lowest BCUT2D eigenvalue weighted by atomic mass is 10.2. The molecule has 0 bridgehead atoms. The number of carbonyl (C=O) groups is 2. The Labute approximate surface area is 135 Å². The molecule has 120 valence electrons. The molecule has 23 heavy (non-hydrogen) atoms. The van der Waals surface area contributed by atoms with Crippen LogP contribution in [-0.2, 0) is 9.53 Å². The van der Waals surface area contributed by atoms with Gasteiger partial charge in [0.15, 0.2) is 0 Å². The van der Waals surface area contributed by atoms with Gasteiger partial charge in [-0.15, -0.1) is 0 Å². The summed E-state index contributed by atoms with van der Waals surface area (Å²) < 4.78 is 4.65. The van der Waals surface area contributed by atoms with Crippen molar-refractivity contribution < 1.29 is 14.3 Å². The summed E-state index contributed by atoms with van der Waals surface area (Å²) in [6.07, 6.45) is 5.48. The smallest absolute Gasteiger partial charge is 0.337 e. The zero-order valence-electron chi connectivity index (χ0n) is 13.0. The minimum Gasteiger partial charge on any atom is -0.465 e. The van der Waals surface area contributed by atoms with E-state index < -0.39 is 5.97 Å². The van der Waals surface area contributed by atoms with Crippen molar-refractivity contribution in [3.05, 3.63) is 41.6 Å². The average molecular weight is 313 g/mol. The average Bonchev–Trinajstić information content (AvgIpc) is 3.08. The van der Waals surface area contributed by atoms with Gasteiger partial charge in [0, 0.05) is 17.9 Å². The van der Waals surface area contributed by atoms with Gasteiger partial charge in [-0.25, -0.2) is 4.79 Å². The highest BCUT2D eigenvalue weighted by Gasteiger charge is 2.19. The van der Waals surface area contributed by atoms with Crippen molar-refractivity contribution in [2.24, 2.45) is 0 Å². The number of rotatable bonds is 5. The van der Waals surface area contributed by atoms with Crippen molar-refractivity contribution >= 4 is 17.6 Å². The molecule has 1 amide bonds. The Morgan fingerprint density at radius 2 is 2.09 bits per heavy atom. The standard InChI is InChI=1S/C17H19N3O3/c1-23-17(22)12-5-4-8-15(9-12)19-11-13(10-18)16(21)20-14-6-2-3-7-14/h4-5,8-9,11,14,19H,2-3,6-7H2,1H3,(H,20,21)/b13-11-. The first kappa shape index (κ1) is 16.6. The van der Waals surface area contributed by atoms with Crippen LogP contribution in [0.3, 0.4) is 0 Å². The van der Waals surface area contributed by atoms with E-state index in [0.29, 0.717) is 11.3 Å². The van der Waals surface area contributed by atoms with Crippen LogP contribution in [0.1, 0.15) is 36.0 Å². The van der Waals surface area contributed by atoms with E-state index in [0.717, 1.165) is 25.7 Å². The normalized spacial score (nSPS) is 14.9. The number of nitrogens with one attached hydrogen (secondary N) is 2. The molecule has 0 heterocycles. The maximum atomic E-state index is 12.1. The highest BCUT2D eigenvalue weighted by Crippen LogP contribution is 2.18. The summed E-state index contributed by atoms with van der Waals surface area (Å²) >= 11 is 0. The van der Waals surface area contributed by atoms with E-state index in [-0.39, 0.29) is 17.5 Å². The Bertz CT molecular complexity index is 655. The van der Waals surface area contributed by atoms with E-state index in [4.69, 9.17) is 5.26 Å². The fourth-order valence-electron chi connectivity index (χ4n) is 2.49. The van der Waals surface area contributed by atoms with Gasteiger partial charge in [-0.1, -0.05) is 18.9 Å². The lowest BCUT2D eigenvalue weighted by molar-refractivity contribution is -0.117. The second-order valence-corrected chi connectivity index (χ2v) is 5.34. The fourth-order valence-corrected chi connectivity index (χ4v) is 2.49. The van der Waals surface area contributed by atoms with E-state index >= 15 is 0 Å². The Hall–Kier alpha value is -2.81. The van der Waals surface area contributed by atoms with Crippen LogP contribution in [0.5, 0.6) is 0 Å². The van der Waals surface area contributed by atoms with Crippen LogP contribution in [0.15, 0.2) is 36.0 Å². The number of hydrogen-bond acceptors (Lipinski definition) is 5. The third kappa shape index (κ3) is 4.58. The minimum atomic E-state index is -0.447. The number of benzene rings is 1. The lowest BCUT2D eigenvalue weighted by Crippen LogP contribution is -2.33. The molecule has 1 aromatic carbocycles. The zero-order chi connectivity index (χ0) is 16.7. The number of nitriles is 1. The Balaban J connectivity index is 2.03. The van der Waals surface area contributed by atoms with E-state index in [9.17, 15) is 9.59 Å². The molecule has 0 spiro atoms. The van der Waals surface area contributed by atoms with Crippen molar-refractivity contribution in [1.82, 2.24) is 5.32 Å². The van der Waals surface area contributed by atoms with Crippen LogP contribution in [0.2, 0.25) is 0 Å². The number of amides is 1. The first-order valence-corrected chi connectivity index (χ1v) is 7.50. The monoisotopic (exact) mass is 313 g/mol. The zero-order valence-corrected chi connectivity index (χ0v) is 13.0. The Morgan fingerprint density at radius 3 is 2.74 bits per heavy atom. The number of nitrogens with zero attached hydrogens (tertiary/aromatic N) is 1. The van der Waals surface area contributed by atoms with Crippen LogP contribution >= 0.6 is 0 Å². The number of anilines is 1. The molecule has 0 saturated heterocycles. The third-order valence-corrected chi connectivity index (χ3v) is 3.72. The molecule has 2 N–H and O–H groups in total. The van der Waals surface area contributed by atoms with Crippen molar-refractivity contribution in [2.45, 2.75) is 31.7 Å². The molecular weight excluding hydrogens is 294 g/mol. The molecule has 0 radical (unpaired) electrons. The van der Waals surface area contributed by atoms with Crippen molar-refractivity contribution in [3.8, 4) is 6.07 Å². The van der Waals surface area contributed by atoms with E-state index in [2.05, 4.69) is 15.4 Å². The molecule has 1 aliphatic rings. The highest BCUT2D eigenvalue weighted by atomic mass is 16.5. The number of hydrogen-bond donors (Lipinski definition) is 2. The number of ether oxygens (including phenoxy) is 1. The van der Waals surface area contributed by atoms with Gasteiger partial charge in [0.1, 0.15) is 11.6 Å². The largest absolute Gasteiger partial charge is 0.465 e. The van der Waals surface area contributed by atoms with Crippen LogP contribution in [0, 0.1) is 11.3 Å². The van der Waals surface area contributed by atoms with Crippen molar-refractivity contribution in [3.63, 3.8) is 0 Å². The summed E-state index contributed by atoms with van der Waals surface area (Å²) in [5, 5.41) is 14.9. The van der Waals surface area contributed by atoms with Crippen LogP contribution in [0.4, 0.5) is 5.69 Å². The van der Waals surface area contributed by atoms with E-state index in [1.54, 1.807) is 24.3 Å². The van der Waals surface area contributed by atoms with Gasteiger partial charge in [0.25, 0.3) is 5.91 Å². The van der Waals surface area contributed by atoms with Crippen molar-refractivity contribution in [1.29, 1.82) is 5.26 Å². The Morgan fingerprint density at radius 1 is 1.35 bits per heavy atom. The van der Waals surface area contributed by atoms with Gasteiger partial charge in [-0.3, -0.25) is 4.79 Å². The second-order valence-electron chi connectivity index (χ2n) is 5.34. The predicted molar refractivity (Wildman–Crippen MR) is 85.5 cm³/mol. The summed E-state index contributed by atoms with van der Waals surface area (Å²) in [4.78, 5) is 23.5. The van der Waals surface area contributed by atoms with Crippen molar-refractivity contribution in [2.75, 3.05) is 12.4 Å². The molecule has 1 aliphatic carbocycles. The van der Waals surface area contributed by atoms with Gasteiger partial charge >= 0.3 is 5.97 Å². The van der Waals surface area contributed by atoms with Gasteiger partial charge in [0.2, 0.25) is 0 Å². The lowest BCUT2D eigenvalue weighted by Gasteiger charge is -2.11. The summed E-state index contributed by atoms with van der Waals surface area (Å²) in [6, 6.07) is 8.67. The Kier molecular flexibility index (Phi) is 5.75. The summed E-state index contributed by atoms with van der Waals surface area (Å²) in [5.74, 6) is -0.826. The molecule has 0 aromatic heterocycles. The molecule has 6 heteroatoms. The highest BCUT2D eigenvalue weighted by molar-refractivity contribution is 5.97. The maximum absolute atomic E-state index is 12.1. The molecule has 1 fully saturated rings. The summed E-state index contributed by atoms with van der Waals surface area (Å²) in [7, 11) is 1.31. The molecule has 0 aliphatic heterocycles. The van der Waals surface area contributed by atoms with Gasteiger partial charge in [0.05, 0.1) is 12.7 Å². The molecule has 1 aromatic rings. The van der Waals surface area contributed by atoms with E-state index in [1.807, 2.05) is 6.07 Å². The second kappa shape index (κ2) is 7.99. The van der Waals surface area contributed by atoms with Gasteiger partial charge < -0.3 is 15.4 Å². The summed E-state index contributed by atoms with van der Waals surface area (Å²) in [6.45, 7) is 0. The number of esters is 1. The predicted octanol–water partition coefficient (Wildman–Crippen LogP) is 2.35. The van der Waals surface area contributed by atoms with Gasteiger partial charge in [-0.2, -0.15) is 5.26 Å². The molecule has 2 rings (SSSR count). The SMILES string of the molecule is COC(=O)c1cccc(N/C=C(/C#N)C(=O)NC2CCCC2)c1. The first-order chi connectivity index (χ1) is 11.1. The van der Waals surface area contributed by atoms with Crippen LogP contribution in [-0.4, -0.2) is 25.0 Å². The summed E-state index contributed by atoms with van der Waals surface area (Å²) in [5.41, 5.74) is 0.981. The first-order valence-electron chi connectivity index (χ1n) is 7.50. The molecule has 1 saturated carbocycles. The number of methoxy groups -OCH3 is 1.